The average molecular weight is 251 g/mol. The van der Waals surface area contributed by atoms with Gasteiger partial charge >= 0.3 is 5.97 Å². The van der Waals surface area contributed by atoms with Crippen LogP contribution in [-0.4, -0.2) is 17.9 Å². The molecule has 0 unspecified atom stereocenters. The van der Waals surface area contributed by atoms with Crippen molar-refractivity contribution in [3.05, 3.63) is 0 Å². The summed E-state index contributed by atoms with van der Waals surface area (Å²) in [6.07, 6.45) is 7.31. The molecule has 0 bridgehead atoms. The molecule has 0 rings (SSSR count). The zero-order valence-corrected chi connectivity index (χ0v) is 9.94. The fraction of sp³-hybridized carbons (Fsp3) is 0.900. The van der Waals surface area contributed by atoms with E-state index in [0.717, 1.165) is 11.8 Å². The van der Waals surface area contributed by atoms with Gasteiger partial charge in [-0.3, -0.25) is 4.79 Å². The smallest absolute Gasteiger partial charge is 0.302 e. The first-order chi connectivity index (χ1) is 6.27. The van der Waals surface area contributed by atoms with Crippen LogP contribution in [0.1, 0.15) is 45.4 Å². The Balaban J connectivity index is 2.87. The van der Waals surface area contributed by atoms with Crippen molar-refractivity contribution in [2.75, 3.05) is 11.9 Å². The Morgan fingerprint density at radius 2 is 1.62 bits per heavy atom. The fourth-order valence-electron chi connectivity index (χ4n) is 1.12. The van der Waals surface area contributed by atoms with E-state index in [9.17, 15) is 4.79 Å². The minimum absolute atomic E-state index is 0.167. The van der Waals surface area contributed by atoms with Gasteiger partial charge in [-0.2, -0.15) is 0 Å². The molecule has 0 fully saturated rings. The lowest BCUT2D eigenvalue weighted by Crippen LogP contribution is -2.00. The Bertz CT molecular complexity index is 126. The maximum Gasteiger partial charge on any atom is 0.302 e. The van der Waals surface area contributed by atoms with E-state index in [-0.39, 0.29) is 5.97 Å². The quantitative estimate of drug-likeness (QED) is 0.376. The summed E-state index contributed by atoms with van der Waals surface area (Å²) >= 11 is 3.40. The Labute approximate surface area is 89.2 Å². The second-order valence-electron chi connectivity index (χ2n) is 3.15. The first-order valence-electron chi connectivity index (χ1n) is 4.96. The number of halogens is 1. The first kappa shape index (κ1) is 12.9. The van der Waals surface area contributed by atoms with E-state index in [1.54, 1.807) is 0 Å². The monoisotopic (exact) mass is 250 g/mol. The largest absolute Gasteiger partial charge is 0.466 e. The second-order valence-corrected chi connectivity index (χ2v) is 3.94. The van der Waals surface area contributed by atoms with E-state index in [2.05, 4.69) is 15.9 Å². The lowest BCUT2D eigenvalue weighted by Gasteiger charge is -2.01. The Kier molecular flexibility index (Phi) is 10.00. The number of carbonyl (C=O) groups is 1. The Hall–Kier alpha value is -0.0500. The molecule has 0 aromatic heterocycles. The first-order valence-corrected chi connectivity index (χ1v) is 6.09. The predicted octanol–water partition coefficient (Wildman–Crippen LogP) is 3.29. The van der Waals surface area contributed by atoms with Crippen molar-refractivity contribution in [1.82, 2.24) is 0 Å². The van der Waals surface area contributed by atoms with E-state index < -0.39 is 0 Å². The Morgan fingerprint density at radius 3 is 2.15 bits per heavy atom. The number of alkyl halides is 1. The summed E-state index contributed by atoms with van der Waals surface area (Å²) < 4.78 is 4.82. The third-order valence-electron chi connectivity index (χ3n) is 1.83. The minimum Gasteiger partial charge on any atom is -0.466 e. The molecule has 3 heteroatoms. The standard InChI is InChI=1S/C10H19BrO2/c1-10(12)13-9-7-5-3-2-4-6-8-11/h2-9H2,1H3. The highest BCUT2D eigenvalue weighted by atomic mass is 79.9. The number of rotatable bonds is 8. The third-order valence-corrected chi connectivity index (χ3v) is 2.39. The van der Waals surface area contributed by atoms with Gasteiger partial charge in [0.05, 0.1) is 6.61 Å². The van der Waals surface area contributed by atoms with Crippen LogP contribution in [0.25, 0.3) is 0 Å². The number of unbranched alkanes of at least 4 members (excludes halogenated alkanes) is 5. The van der Waals surface area contributed by atoms with E-state index in [1.807, 2.05) is 0 Å². The van der Waals surface area contributed by atoms with Crippen LogP contribution >= 0.6 is 15.9 Å². The summed E-state index contributed by atoms with van der Waals surface area (Å²) in [5.41, 5.74) is 0. The van der Waals surface area contributed by atoms with Crippen molar-refractivity contribution in [2.24, 2.45) is 0 Å². The summed E-state index contributed by atoms with van der Waals surface area (Å²) in [6.45, 7) is 2.05. The molecule has 0 aromatic rings. The second kappa shape index (κ2) is 10.0. The number of carbonyl (C=O) groups excluding carboxylic acids is 1. The van der Waals surface area contributed by atoms with Crippen LogP contribution < -0.4 is 0 Å². The molecule has 13 heavy (non-hydrogen) atoms. The zero-order chi connectivity index (χ0) is 9.94. The van der Waals surface area contributed by atoms with Gasteiger partial charge in [-0.15, -0.1) is 0 Å². The van der Waals surface area contributed by atoms with Crippen LogP contribution in [0.2, 0.25) is 0 Å². The molecular formula is C10H19BrO2. The van der Waals surface area contributed by atoms with Crippen molar-refractivity contribution in [2.45, 2.75) is 45.4 Å². The Morgan fingerprint density at radius 1 is 1.08 bits per heavy atom. The van der Waals surface area contributed by atoms with E-state index >= 15 is 0 Å². The van der Waals surface area contributed by atoms with Crippen LogP contribution in [0, 0.1) is 0 Å². The molecule has 0 aliphatic heterocycles. The lowest BCUT2D eigenvalue weighted by molar-refractivity contribution is -0.141. The fourth-order valence-corrected chi connectivity index (χ4v) is 1.52. The van der Waals surface area contributed by atoms with Crippen LogP contribution in [0.5, 0.6) is 0 Å². The molecule has 0 N–H and O–H groups in total. The van der Waals surface area contributed by atoms with Gasteiger partial charge in [0.25, 0.3) is 0 Å². The summed E-state index contributed by atoms with van der Waals surface area (Å²) in [4.78, 5) is 10.4. The van der Waals surface area contributed by atoms with E-state index in [1.165, 1.54) is 39.0 Å². The molecule has 0 saturated carbocycles. The highest BCUT2D eigenvalue weighted by Gasteiger charge is 1.93. The number of esters is 1. The normalized spacial score (nSPS) is 10.0. The predicted molar refractivity (Wildman–Crippen MR) is 58.1 cm³/mol. The lowest BCUT2D eigenvalue weighted by atomic mass is 10.1. The topological polar surface area (TPSA) is 26.3 Å². The van der Waals surface area contributed by atoms with Gasteiger partial charge in [0, 0.05) is 12.3 Å². The summed E-state index contributed by atoms with van der Waals surface area (Å²) in [5.74, 6) is -0.167. The van der Waals surface area contributed by atoms with Crippen LogP contribution in [0.4, 0.5) is 0 Å². The highest BCUT2D eigenvalue weighted by molar-refractivity contribution is 9.09. The van der Waals surface area contributed by atoms with Crippen LogP contribution in [-0.2, 0) is 9.53 Å². The number of ether oxygens (including phenoxy) is 1. The van der Waals surface area contributed by atoms with Gasteiger partial charge in [-0.25, -0.2) is 0 Å². The van der Waals surface area contributed by atoms with Crippen LogP contribution in [0.15, 0.2) is 0 Å². The molecule has 0 atom stereocenters. The molecule has 2 nitrogen and oxygen atoms in total. The number of hydrogen-bond acceptors (Lipinski definition) is 2. The van der Waals surface area contributed by atoms with Crippen molar-refractivity contribution >= 4 is 21.9 Å². The molecule has 0 radical (unpaired) electrons. The molecule has 0 spiro atoms. The maximum absolute atomic E-state index is 10.4. The van der Waals surface area contributed by atoms with Gasteiger partial charge in [-0.1, -0.05) is 41.6 Å². The molecule has 78 valence electrons. The van der Waals surface area contributed by atoms with E-state index in [4.69, 9.17) is 4.74 Å². The summed E-state index contributed by atoms with van der Waals surface area (Å²) in [7, 11) is 0. The molecular weight excluding hydrogens is 232 g/mol. The molecule has 0 amide bonds. The molecule has 0 aliphatic rings. The van der Waals surface area contributed by atoms with Crippen molar-refractivity contribution in [1.29, 1.82) is 0 Å². The summed E-state index contributed by atoms with van der Waals surface area (Å²) in [5, 5.41) is 1.11. The SMILES string of the molecule is CC(=O)OCCCCCCCCBr. The van der Waals surface area contributed by atoms with Crippen molar-refractivity contribution in [3.63, 3.8) is 0 Å². The van der Waals surface area contributed by atoms with Crippen molar-refractivity contribution < 1.29 is 9.53 Å². The van der Waals surface area contributed by atoms with Crippen molar-refractivity contribution in [3.8, 4) is 0 Å². The van der Waals surface area contributed by atoms with Gasteiger partial charge in [0.15, 0.2) is 0 Å². The van der Waals surface area contributed by atoms with Gasteiger partial charge in [-0.05, 0) is 12.8 Å². The van der Waals surface area contributed by atoms with Gasteiger partial charge in [0.2, 0.25) is 0 Å². The number of hydrogen-bond donors (Lipinski definition) is 0. The minimum atomic E-state index is -0.167. The van der Waals surface area contributed by atoms with Crippen LogP contribution in [0.3, 0.4) is 0 Å². The molecule has 0 heterocycles. The third kappa shape index (κ3) is 12.0. The van der Waals surface area contributed by atoms with Gasteiger partial charge in [0.1, 0.15) is 0 Å². The molecule has 0 aliphatic carbocycles. The average Bonchev–Trinajstić information content (AvgIpc) is 2.09. The van der Waals surface area contributed by atoms with E-state index in [0.29, 0.717) is 6.61 Å². The maximum atomic E-state index is 10.4. The molecule has 0 aromatic carbocycles. The summed E-state index contributed by atoms with van der Waals surface area (Å²) in [6, 6.07) is 0. The van der Waals surface area contributed by atoms with Gasteiger partial charge < -0.3 is 4.74 Å². The molecule has 0 saturated heterocycles. The zero-order valence-electron chi connectivity index (χ0n) is 8.35. The highest BCUT2D eigenvalue weighted by Crippen LogP contribution is 2.06.